The predicted octanol–water partition coefficient (Wildman–Crippen LogP) is 1.70. The second-order valence-electron chi connectivity index (χ2n) is 3.94. The number of hydrogen-bond acceptors (Lipinski definition) is 5. The fourth-order valence-electron chi connectivity index (χ4n) is 1.42. The molecule has 2 rings (SSSR count). The van der Waals surface area contributed by atoms with Gasteiger partial charge in [-0.05, 0) is 6.92 Å². The summed E-state index contributed by atoms with van der Waals surface area (Å²) >= 11 is 0. The lowest BCUT2D eigenvalue weighted by Crippen LogP contribution is -2.27. The van der Waals surface area contributed by atoms with Crippen molar-refractivity contribution in [2.24, 2.45) is 7.05 Å². The molecule has 0 N–H and O–H groups in total. The van der Waals surface area contributed by atoms with Crippen molar-refractivity contribution in [2.75, 3.05) is 0 Å². The number of carbonyl (C=O) groups excluding carboxylic acids is 1. The third kappa shape index (κ3) is 2.64. The summed E-state index contributed by atoms with van der Waals surface area (Å²) < 4.78 is 43.0. The first-order valence-electron chi connectivity index (χ1n) is 5.22. The van der Waals surface area contributed by atoms with Crippen molar-refractivity contribution in [3.05, 3.63) is 18.3 Å². The SMILES string of the molecule is CC(C(=O)C(F)(F)F)c1nc(-c2cnn(C)c2)no1. The molecule has 0 aromatic carbocycles. The first-order chi connectivity index (χ1) is 8.79. The molecule has 0 aliphatic rings. The van der Waals surface area contributed by atoms with Crippen molar-refractivity contribution in [1.29, 1.82) is 0 Å². The van der Waals surface area contributed by atoms with E-state index >= 15 is 0 Å². The molecular formula is C10H9F3N4O2. The maximum atomic E-state index is 12.3. The van der Waals surface area contributed by atoms with Gasteiger partial charge >= 0.3 is 6.18 Å². The monoisotopic (exact) mass is 274 g/mol. The van der Waals surface area contributed by atoms with E-state index in [1.54, 1.807) is 13.2 Å². The molecule has 0 amide bonds. The van der Waals surface area contributed by atoms with Gasteiger partial charge in [-0.1, -0.05) is 5.16 Å². The number of rotatable bonds is 3. The van der Waals surface area contributed by atoms with E-state index in [9.17, 15) is 18.0 Å². The molecule has 0 aliphatic carbocycles. The van der Waals surface area contributed by atoms with Crippen LogP contribution < -0.4 is 0 Å². The van der Waals surface area contributed by atoms with Crippen molar-refractivity contribution in [2.45, 2.75) is 19.0 Å². The van der Waals surface area contributed by atoms with Gasteiger partial charge in [-0.25, -0.2) is 0 Å². The molecule has 0 fully saturated rings. The van der Waals surface area contributed by atoms with E-state index < -0.39 is 17.9 Å². The first-order valence-corrected chi connectivity index (χ1v) is 5.22. The van der Waals surface area contributed by atoms with Crippen LogP contribution in [0.1, 0.15) is 18.7 Å². The Labute approximate surface area is 105 Å². The topological polar surface area (TPSA) is 73.8 Å². The predicted molar refractivity (Wildman–Crippen MR) is 56.0 cm³/mol. The Morgan fingerprint density at radius 1 is 1.47 bits per heavy atom. The van der Waals surface area contributed by atoms with E-state index in [0.717, 1.165) is 6.92 Å². The number of Topliss-reactive ketones (excluding diaryl/α,β-unsaturated/α-hetero) is 1. The van der Waals surface area contributed by atoms with Crippen LogP contribution in [0, 0.1) is 0 Å². The molecule has 6 nitrogen and oxygen atoms in total. The number of ketones is 1. The number of carbonyl (C=O) groups is 1. The van der Waals surface area contributed by atoms with E-state index in [-0.39, 0.29) is 11.7 Å². The Hall–Kier alpha value is -2.19. The summed E-state index contributed by atoms with van der Waals surface area (Å²) in [4.78, 5) is 14.8. The van der Waals surface area contributed by atoms with Gasteiger partial charge in [-0.15, -0.1) is 0 Å². The lowest BCUT2D eigenvalue weighted by molar-refractivity contribution is -0.172. The molecule has 0 aliphatic heterocycles. The Morgan fingerprint density at radius 2 is 2.16 bits per heavy atom. The van der Waals surface area contributed by atoms with Crippen molar-refractivity contribution >= 4 is 5.78 Å². The van der Waals surface area contributed by atoms with Gasteiger partial charge in [0.1, 0.15) is 5.92 Å². The van der Waals surface area contributed by atoms with Gasteiger partial charge in [-0.2, -0.15) is 23.3 Å². The van der Waals surface area contributed by atoms with E-state index in [0.29, 0.717) is 5.56 Å². The van der Waals surface area contributed by atoms with Gasteiger partial charge in [0.25, 0.3) is 0 Å². The molecule has 0 saturated carbocycles. The highest BCUT2D eigenvalue weighted by molar-refractivity contribution is 5.89. The number of halogens is 3. The molecular weight excluding hydrogens is 265 g/mol. The summed E-state index contributed by atoms with van der Waals surface area (Å²) in [5, 5.41) is 7.40. The third-order valence-corrected chi connectivity index (χ3v) is 2.45. The average Bonchev–Trinajstić information content (AvgIpc) is 2.94. The molecule has 0 spiro atoms. The van der Waals surface area contributed by atoms with Crippen LogP contribution in [0.4, 0.5) is 13.2 Å². The summed E-state index contributed by atoms with van der Waals surface area (Å²) in [6.45, 7) is 1.07. The number of aromatic nitrogens is 4. The minimum Gasteiger partial charge on any atom is -0.338 e. The summed E-state index contributed by atoms with van der Waals surface area (Å²) in [7, 11) is 1.67. The highest BCUT2D eigenvalue weighted by Crippen LogP contribution is 2.27. The van der Waals surface area contributed by atoms with Gasteiger partial charge in [0.15, 0.2) is 0 Å². The smallest absolute Gasteiger partial charge is 0.338 e. The van der Waals surface area contributed by atoms with Crippen LogP contribution in [0.25, 0.3) is 11.4 Å². The molecule has 2 aromatic rings. The maximum absolute atomic E-state index is 12.3. The highest BCUT2D eigenvalue weighted by Gasteiger charge is 2.44. The molecule has 9 heteroatoms. The van der Waals surface area contributed by atoms with Gasteiger partial charge in [0, 0.05) is 13.2 Å². The van der Waals surface area contributed by atoms with E-state index in [1.165, 1.54) is 10.9 Å². The molecule has 2 aromatic heterocycles. The molecule has 0 bridgehead atoms. The minimum atomic E-state index is -4.93. The van der Waals surface area contributed by atoms with Gasteiger partial charge in [0.2, 0.25) is 17.5 Å². The summed E-state index contributed by atoms with van der Waals surface area (Å²) in [5.74, 6) is -3.74. The molecule has 19 heavy (non-hydrogen) atoms. The second kappa shape index (κ2) is 4.48. The summed E-state index contributed by atoms with van der Waals surface area (Å²) in [6.07, 6.45) is -1.92. The molecule has 102 valence electrons. The van der Waals surface area contributed by atoms with Crippen LogP contribution in [0.15, 0.2) is 16.9 Å². The Kier molecular flexibility index (Phi) is 3.13. The maximum Gasteiger partial charge on any atom is 0.450 e. The molecule has 1 atom stereocenters. The van der Waals surface area contributed by atoms with Gasteiger partial charge < -0.3 is 4.52 Å². The quantitative estimate of drug-likeness (QED) is 0.851. The van der Waals surface area contributed by atoms with Crippen LogP contribution in [0.3, 0.4) is 0 Å². The normalized spacial score (nSPS) is 13.5. The van der Waals surface area contributed by atoms with Crippen LogP contribution in [-0.2, 0) is 11.8 Å². The molecule has 0 saturated heterocycles. The Balaban J connectivity index is 2.24. The lowest BCUT2D eigenvalue weighted by Gasteiger charge is -2.07. The van der Waals surface area contributed by atoms with Gasteiger partial charge in [-0.3, -0.25) is 9.48 Å². The lowest BCUT2D eigenvalue weighted by atomic mass is 10.1. The van der Waals surface area contributed by atoms with E-state index in [2.05, 4.69) is 19.8 Å². The molecule has 2 heterocycles. The fraction of sp³-hybridized carbons (Fsp3) is 0.400. The number of nitrogens with zero attached hydrogens (tertiary/aromatic N) is 4. The van der Waals surface area contributed by atoms with E-state index in [4.69, 9.17) is 0 Å². The minimum absolute atomic E-state index is 0.0879. The van der Waals surface area contributed by atoms with Crippen LogP contribution in [0.5, 0.6) is 0 Å². The van der Waals surface area contributed by atoms with Crippen LogP contribution >= 0.6 is 0 Å². The standard InChI is InChI=1S/C10H9F3N4O2/c1-5(7(18)10(11,12)13)9-15-8(16-19-9)6-3-14-17(2)4-6/h3-5H,1-2H3. The Morgan fingerprint density at radius 3 is 2.68 bits per heavy atom. The fourth-order valence-corrected chi connectivity index (χ4v) is 1.42. The zero-order valence-electron chi connectivity index (χ0n) is 9.97. The zero-order valence-corrected chi connectivity index (χ0v) is 9.97. The van der Waals surface area contributed by atoms with Crippen molar-refractivity contribution < 1.29 is 22.5 Å². The largest absolute Gasteiger partial charge is 0.450 e. The zero-order chi connectivity index (χ0) is 14.2. The Bertz CT molecular complexity index is 602. The molecule has 0 radical (unpaired) electrons. The third-order valence-electron chi connectivity index (χ3n) is 2.45. The first kappa shape index (κ1) is 13.2. The highest BCUT2D eigenvalue weighted by atomic mass is 19.4. The van der Waals surface area contributed by atoms with E-state index in [1.807, 2.05) is 0 Å². The number of hydrogen-bond donors (Lipinski definition) is 0. The van der Waals surface area contributed by atoms with Crippen molar-refractivity contribution in [3.8, 4) is 11.4 Å². The van der Waals surface area contributed by atoms with Gasteiger partial charge in [0.05, 0.1) is 11.8 Å². The van der Waals surface area contributed by atoms with Crippen LogP contribution in [0.2, 0.25) is 0 Å². The summed E-state index contributed by atoms with van der Waals surface area (Å²) in [6, 6.07) is 0. The number of aryl methyl sites for hydroxylation is 1. The number of alkyl halides is 3. The van der Waals surface area contributed by atoms with Crippen molar-refractivity contribution in [3.63, 3.8) is 0 Å². The van der Waals surface area contributed by atoms with Crippen LogP contribution in [-0.4, -0.2) is 31.9 Å². The average molecular weight is 274 g/mol. The summed E-state index contributed by atoms with van der Waals surface area (Å²) in [5.41, 5.74) is 0.490. The molecule has 1 unspecified atom stereocenters. The van der Waals surface area contributed by atoms with Crippen molar-refractivity contribution in [1.82, 2.24) is 19.9 Å². The second-order valence-corrected chi connectivity index (χ2v) is 3.94.